The van der Waals surface area contributed by atoms with E-state index in [2.05, 4.69) is 5.32 Å². The van der Waals surface area contributed by atoms with E-state index in [1.54, 1.807) is 20.8 Å². The van der Waals surface area contributed by atoms with Gasteiger partial charge < -0.3 is 10.1 Å². The molecule has 2 aromatic rings. The number of benzene rings is 2. The van der Waals surface area contributed by atoms with Crippen LogP contribution in [0.3, 0.4) is 0 Å². The van der Waals surface area contributed by atoms with Gasteiger partial charge in [-0.15, -0.1) is 0 Å². The molecule has 0 fully saturated rings. The van der Waals surface area contributed by atoms with Crippen LogP contribution in [0.2, 0.25) is 0 Å². The fraction of sp³-hybridized carbons (Fsp3) is 0.273. The molecule has 0 bridgehead atoms. The highest BCUT2D eigenvalue weighted by atomic mass is 16.6. The van der Waals surface area contributed by atoms with Crippen molar-refractivity contribution < 1.29 is 14.3 Å². The maximum Gasteiger partial charge on any atom is 0.344 e. The molecule has 2 rings (SSSR count). The Morgan fingerprint density at radius 3 is 1.96 bits per heavy atom. The van der Waals surface area contributed by atoms with Gasteiger partial charge in [0.15, 0.2) is 5.78 Å². The average Bonchev–Trinajstić information content (AvgIpc) is 2.58. The molecule has 4 nitrogen and oxygen atoms in total. The Morgan fingerprint density at radius 2 is 1.46 bits per heavy atom. The van der Waals surface area contributed by atoms with Crippen molar-refractivity contribution in [1.82, 2.24) is 5.32 Å². The summed E-state index contributed by atoms with van der Waals surface area (Å²) in [4.78, 5) is 25.0. The molecule has 0 radical (unpaired) electrons. The first-order valence-electron chi connectivity index (χ1n) is 8.59. The maximum absolute atomic E-state index is 12.7. The fourth-order valence-corrected chi connectivity index (χ4v) is 2.48. The summed E-state index contributed by atoms with van der Waals surface area (Å²) in [6.45, 7) is 7.21. The SMILES string of the molecule is CC(=O)/C(C(=O)OC(C)(C)C)=C(\NCc1ccccc1)c1ccccc1. The van der Waals surface area contributed by atoms with Crippen LogP contribution in [0.25, 0.3) is 5.70 Å². The largest absolute Gasteiger partial charge is 0.456 e. The van der Waals surface area contributed by atoms with Crippen LogP contribution >= 0.6 is 0 Å². The van der Waals surface area contributed by atoms with Gasteiger partial charge in [-0.25, -0.2) is 4.79 Å². The van der Waals surface area contributed by atoms with Gasteiger partial charge in [0.25, 0.3) is 0 Å². The predicted molar refractivity (Wildman–Crippen MR) is 103 cm³/mol. The topological polar surface area (TPSA) is 55.4 Å². The summed E-state index contributed by atoms with van der Waals surface area (Å²) in [6.07, 6.45) is 0. The van der Waals surface area contributed by atoms with E-state index in [0.29, 0.717) is 12.2 Å². The molecule has 26 heavy (non-hydrogen) atoms. The third-order valence-corrected chi connectivity index (χ3v) is 3.58. The van der Waals surface area contributed by atoms with Crippen LogP contribution in [0.1, 0.15) is 38.8 Å². The van der Waals surface area contributed by atoms with Gasteiger partial charge >= 0.3 is 5.97 Å². The van der Waals surface area contributed by atoms with Crippen molar-refractivity contribution in [1.29, 1.82) is 0 Å². The molecule has 0 aliphatic heterocycles. The zero-order chi connectivity index (χ0) is 19.2. The van der Waals surface area contributed by atoms with Gasteiger partial charge in [-0.2, -0.15) is 0 Å². The van der Waals surface area contributed by atoms with Crippen molar-refractivity contribution in [2.75, 3.05) is 0 Å². The van der Waals surface area contributed by atoms with Crippen molar-refractivity contribution in [3.05, 3.63) is 77.4 Å². The highest BCUT2D eigenvalue weighted by Crippen LogP contribution is 2.21. The molecule has 0 heterocycles. The minimum atomic E-state index is -0.682. The molecule has 1 N–H and O–H groups in total. The molecule has 0 spiro atoms. The Morgan fingerprint density at radius 1 is 0.923 bits per heavy atom. The smallest absolute Gasteiger partial charge is 0.344 e. The molecule has 0 unspecified atom stereocenters. The molecule has 0 saturated heterocycles. The van der Waals surface area contributed by atoms with Crippen LogP contribution in [-0.2, 0) is 20.9 Å². The molecule has 0 saturated carbocycles. The highest BCUT2D eigenvalue weighted by molar-refractivity contribution is 6.21. The van der Waals surface area contributed by atoms with Crippen LogP contribution in [0.4, 0.5) is 0 Å². The number of esters is 1. The van der Waals surface area contributed by atoms with Crippen molar-refractivity contribution in [2.24, 2.45) is 0 Å². The number of ether oxygens (including phenoxy) is 1. The second kappa shape index (κ2) is 8.48. The maximum atomic E-state index is 12.7. The number of carbonyl (C=O) groups is 2. The third kappa shape index (κ3) is 5.59. The first kappa shape index (κ1) is 19.4. The van der Waals surface area contributed by atoms with E-state index in [9.17, 15) is 9.59 Å². The number of ketones is 1. The summed E-state index contributed by atoms with van der Waals surface area (Å²) in [7, 11) is 0. The normalized spacial score (nSPS) is 12.2. The summed E-state index contributed by atoms with van der Waals surface area (Å²) in [5, 5.41) is 3.26. The van der Waals surface area contributed by atoms with Gasteiger partial charge in [0.05, 0.1) is 5.70 Å². The minimum absolute atomic E-state index is 0.0297. The monoisotopic (exact) mass is 351 g/mol. The summed E-state index contributed by atoms with van der Waals surface area (Å²) < 4.78 is 5.46. The van der Waals surface area contributed by atoms with Gasteiger partial charge in [-0.1, -0.05) is 60.7 Å². The Hall–Kier alpha value is -2.88. The second-order valence-electron chi connectivity index (χ2n) is 7.01. The van der Waals surface area contributed by atoms with Gasteiger partial charge in [0, 0.05) is 6.54 Å². The van der Waals surface area contributed by atoms with E-state index in [1.165, 1.54) is 6.92 Å². The standard InChI is InChI=1S/C22H25NO3/c1-16(24)19(21(25)26-22(2,3)4)20(18-13-9-6-10-14-18)23-15-17-11-7-5-8-12-17/h5-14,23H,15H2,1-4H3/b20-19+. The second-order valence-corrected chi connectivity index (χ2v) is 7.01. The lowest BCUT2D eigenvalue weighted by molar-refractivity contribution is -0.150. The van der Waals surface area contributed by atoms with E-state index < -0.39 is 11.6 Å². The first-order valence-corrected chi connectivity index (χ1v) is 8.59. The minimum Gasteiger partial charge on any atom is -0.456 e. The van der Waals surface area contributed by atoms with Crippen LogP contribution < -0.4 is 5.32 Å². The van der Waals surface area contributed by atoms with Crippen LogP contribution in [0.5, 0.6) is 0 Å². The van der Waals surface area contributed by atoms with Crippen LogP contribution in [0, 0.1) is 0 Å². The molecule has 0 aromatic heterocycles. The molecule has 0 aliphatic carbocycles. The molecule has 4 heteroatoms. The molecular formula is C22H25NO3. The Bertz CT molecular complexity index is 787. The Labute approximate surface area is 154 Å². The van der Waals surface area contributed by atoms with Gasteiger partial charge in [-0.3, -0.25) is 4.79 Å². The predicted octanol–water partition coefficient (Wildman–Crippen LogP) is 4.12. The average molecular weight is 351 g/mol. The zero-order valence-corrected chi connectivity index (χ0v) is 15.7. The third-order valence-electron chi connectivity index (χ3n) is 3.58. The summed E-state index contributed by atoms with van der Waals surface area (Å²) in [6, 6.07) is 19.1. The number of nitrogens with one attached hydrogen (secondary N) is 1. The quantitative estimate of drug-likeness (QED) is 0.368. The molecular weight excluding hydrogens is 326 g/mol. The highest BCUT2D eigenvalue weighted by Gasteiger charge is 2.26. The number of hydrogen-bond donors (Lipinski definition) is 1. The Balaban J connectivity index is 2.45. The van der Waals surface area contributed by atoms with Gasteiger partial charge in [0.2, 0.25) is 0 Å². The first-order chi connectivity index (χ1) is 12.3. The van der Waals surface area contributed by atoms with Crippen molar-refractivity contribution >= 4 is 17.4 Å². The van der Waals surface area contributed by atoms with Crippen molar-refractivity contribution in [3.63, 3.8) is 0 Å². The van der Waals surface area contributed by atoms with E-state index in [-0.39, 0.29) is 11.4 Å². The van der Waals surface area contributed by atoms with Crippen LogP contribution in [0.15, 0.2) is 66.2 Å². The van der Waals surface area contributed by atoms with E-state index in [0.717, 1.165) is 11.1 Å². The van der Waals surface area contributed by atoms with Crippen molar-refractivity contribution in [3.8, 4) is 0 Å². The number of carbonyl (C=O) groups excluding carboxylic acids is 2. The summed E-state index contributed by atoms with van der Waals surface area (Å²) in [5.74, 6) is -0.955. The van der Waals surface area contributed by atoms with Gasteiger partial charge in [-0.05, 0) is 38.8 Å². The molecule has 0 aliphatic rings. The van der Waals surface area contributed by atoms with Crippen LogP contribution in [-0.4, -0.2) is 17.4 Å². The van der Waals surface area contributed by atoms with Gasteiger partial charge in [0.1, 0.15) is 11.2 Å². The summed E-state index contributed by atoms with van der Waals surface area (Å²) in [5.41, 5.74) is 1.64. The summed E-state index contributed by atoms with van der Waals surface area (Å²) >= 11 is 0. The molecule has 2 aromatic carbocycles. The Kier molecular flexibility index (Phi) is 6.34. The van der Waals surface area contributed by atoms with E-state index >= 15 is 0 Å². The van der Waals surface area contributed by atoms with Crippen molar-refractivity contribution in [2.45, 2.75) is 39.8 Å². The molecule has 0 atom stereocenters. The number of hydrogen-bond acceptors (Lipinski definition) is 4. The lowest BCUT2D eigenvalue weighted by atomic mass is 10.0. The lowest BCUT2D eigenvalue weighted by Crippen LogP contribution is -2.29. The molecule has 136 valence electrons. The van der Waals surface area contributed by atoms with E-state index in [4.69, 9.17) is 4.74 Å². The number of rotatable bonds is 6. The van der Waals surface area contributed by atoms with E-state index in [1.807, 2.05) is 60.7 Å². The zero-order valence-electron chi connectivity index (χ0n) is 15.7. The fourth-order valence-electron chi connectivity index (χ4n) is 2.48. The number of Topliss-reactive ketones (excluding diaryl/α,β-unsaturated/α-hetero) is 1. The molecule has 0 amide bonds. The lowest BCUT2D eigenvalue weighted by Gasteiger charge is -2.22.